The van der Waals surface area contributed by atoms with Crippen molar-refractivity contribution >= 4 is 75.4 Å². The van der Waals surface area contributed by atoms with Crippen LogP contribution in [0, 0.1) is 0 Å². The van der Waals surface area contributed by atoms with Crippen molar-refractivity contribution in [3.63, 3.8) is 0 Å². The molecule has 0 aliphatic carbocycles. The molecule has 0 saturated heterocycles. The van der Waals surface area contributed by atoms with Gasteiger partial charge in [-0.25, -0.2) is 15.0 Å². The number of para-hydroxylation sites is 2. The van der Waals surface area contributed by atoms with Gasteiger partial charge in [-0.1, -0.05) is 127 Å². The first-order valence-electron chi connectivity index (χ1n) is 18.9. The van der Waals surface area contributed by atoms with Gasteiger partial charge >= 0.3 is 0 Å². The van der Waals surface area contributed by atoms with E-state index in [2.05, 4.69) is 97.1 Å². The van der Waals surface area contributed by atoms with Crippen LogP contribution in [-0.2, 0) is 0 Å². The zero-order valence-electron chi connectivity index (χ0n) is 30.3. The molecule has 0 N–H and O–H groups in total. The van der Waals surface area contributed by atoms with Gasteiger partial charge in [0.25, 0.3) is 0 Å². The molecule has 266 valence electrons. The van der Waals surface area contributed by atoms with E-state index in [1.807, 2.05) is 90.2 Å². The second-order valence-corrected chi connectivity index (χ2v) is 15.4. The van der Waals surface area contributed by atoms with Crippen LogP contribution >= 0.6 is 11.3 Å². The zero-order valence-corrected chi connectivity index (χ0v) is 31.1. The second-order valence-electron chi connectivity index (χ2n) is 14.3. The Morgan fingerprint density at radius 1 is 0.333 bits per heavy atom. The van der Waals surface area contributed by atoms with Crippen LogP contribution in [0.2, 0.25) is 0 Å². The second kappa shape index (κ2) is 12.6. The summed E-state index contributed by atoms with van der Waals surface area (Å²) < 4.78 is 15.7. The van der Waals surface area contributed by atoms with Gasteiger partial charge in [0.15, 0.2) is 17.5 Å². The Morgan fingerprint density at radius 3 is 1.65 bits per heavy atom. The van der Waals surface area contributed by atoms with Gasteiger partial charge in [-0.3, -0.25) is 0 Å². The number of rotatable bonds is 5. The van der Waals surface area contributed by atoms with E-state index in [9.17, 15) is 0 Å². The van der Waals surface area contributed by atoms with Crippen LogP contribution in [0.5, 0.6) is 0 Å². The highest BCUT2D eigenvalue weighted by Gasteiger charge is 2.19. The van der Waals surface area contributed by atoms with E-state index >= 15 is 0 Å². The molecule has 57 heavy (non-hydrogen) atoms. The van der Waals surface area contributed by atoms with E-state index in [1.54, 1.807) is 0 Å². The summed E-state index contributed by atoms with van der Waals surface area (Å²) in [7, 11) is 0. The summed E-state index contributed by atoms with van der Waals surface area (Å²) >= 11 is 1.83. The van der Waals surface area contributed by atoms with E-state index in [0.717, 1.165) is 82.8 Å². The molecule has 0 radical (unpaired) electrons. The Labute approximate surface area is 330 Å². The van der Waals surface area contributed by atoms with Gasteiger partial charge < -0.3 is 8.83 Å². The lowest BCUT2D eigenvalue weighted by atomic mass is 9.93. The van der Waals surface area contributed by atoms with Crippen molar-refractivity contribution in [3.05, 3.63) is 176 Å². The number of hydrogen-bond donors (Lipinski definition) is 0. The molecular formula is C51H29N3O2S. The van der Waals surface area contributed by atoms with E-state index in [1.165, 1.54) is 20.2 Å². The predicted octanol–water partition coefficient (Wildman–Crippen LogP) is 14.4. The minimum atomic E-state index is 0.591. The summed E-state index contributed by atoms with van der Waals surface area (Å²) in [5.41, 5.74) is 10.6. The molecule has 4 heterocycles. The molecule has 5 nitrogen and oxygen atoms in total. The molecule has 0 saturated carbocycles. The topological polar surface area (TPSA) is 65.0 Å². The molecule has 6 heteroatoms. The van der Waals surface area contributed by atoms with E-state index in [4.69, 9.17) is 23.8 Å². The lowest BCUT2D eigenvalue weighted by Gasteiger charge is -2.10. The Morgan fingerprint density at radius 2 is 0.912 bits per heavy atom. The van der Waals surface area contributed by atoms with Crippen LogP contribution in [0.1, 0.15) is 0 Å². The van der Waals surface area contributed by atoms with Crippen LogP contribution in [0.25, 0.3) is 120 Å². The Balaban J connectivity index is 1.02. The Hall–Kier alpha value is -7.41. The smallest absolute Gasteiger partial charge is 0.164 e. The van der Waals surface area contributed by atoms with Crippen molar-refractivity contribution in [3.8, 4) is 56.4 Å². The first-order chi connectivity index (χ1) is 28.2. The number of benzene rings is 8. The maximum atomic E-state index is 6.71. The molecule has 0 aliphatic rings. The largest absolute Gasteiger partial charge is 0.456 e. The van der Waals surface area contributed by atoms with Crippen LogP contribution in [-0.4, -0.2) is 15.0 Å². The van der Waals surface area contributed by atoms with Crippen molar-refractivity contribution < 1.29 is 8.83 Å². The van der Waals surface area contributed by atoms with Crippen molar-refractivity contribution in [2.45, 2.75) is 0 Å². The first kappa shape index (κ1) is 31.9. The summed E-state index contributed by atoms with van der Waals surface area (Å²) in [5, 5.41) is 6.83. The number of furan rings is 2. The summed E-state index contributed by atoms with van der Waals surface area (Å²) in [6.07, 6.45) is 0. The van der Waals surface area contributed by atoms with E-state index in [-0.39, 0.29) is 0 Å². The normalized spacial score (nSPS) is 11.9. The number of nitrogens with zero attached hydrogens (tertiary/aromatic N) is 3. The number of thiophene rings is 1. The molecule has 0 spiro atoms. The third-order valence-electron chi connectivity index (χ3n) is 10.9. The highest BCUT2D eigenvalue weighted by molar-refractivity contribution is 7.26. The summed E-state index contributed by atoms with van der Waals surface area (Å²) in [6, 6.07) is 60.9. The fourth-order valence-corrected chi connectivity index (χ4v) is 9.40. The molecule has 8 aromatic carbocycles. The summed E-state index contributed by atoms with van der Waals surface area (Å²) in [6.45, 7) is 0. The number of hydrogen-bond acceptors (Lipinski definition) is 6. The standard InChI is InChI=1S/C51H29N3O2S/c1-3-12-30(13-4-1)49-52-50(31-14-5-2-6-15-31)54-51(53-49)33-23-25-38-37-24-22-32(27-43(37)55-44(38)28-33)41-26-34(29-46-47(41)40-17-8-10-21-45(40)57-46)35-18-11-19-39-36-16-7-9-20-42(36)56-48(35)39/h1-29H. The van der Waals surface area contributed by atoms with E-state index in [0.29, 0.717) is 17.5 Å². The maximum Gasteiger partial charge on any atom is 0.164 e. The lowest BCUT2D eigenvalue weighted by Crippen LogP contribution is -2.00. The molecular weight excluding hydrogens is 719 g/mol. The zero-order chi connectivity index (χ0) is 37.5. The fourth-order valence-electron chi connectivity index (χ4n) is 8.23. The average molecular weight is 748 g/mol. The monoisotopic (exact) mass is 747 g/mol. The number of aromatic nitrogens is 3. The third kappa shape index (κ3) is 5.19. The Kier molecular flexibility index (Phi) is 7.03. The van der Waals surface area contributed by atoms with Gasteiger partial charge in [-0.05, 0) is 65.2 Å². The van der Waals surface area contributed by atoms with Gasteiger partial charge in [0, 0.05) is 64.0 Å². The predicted molar refractivity (Wildman–Crippen MR) is 234 cm³/mol. The average Bonchev–Trinajstić information content (AvgIpc) is 3.97. The van der Waals surface area contributed by atoms with Crippen LogP contribution in [0.3, 0.4) is 0 Å². The molecule has 0 amide bonds. The van der Waals surface area contributed by atoms with Crippen LogP contribution < -0.4 is 0 Å². The van der Waals surface area contributed by atoms with Crippen molar-refractivity contribution in [1.82, 2.24) is 15.0 Å². The molecule has 12 rings (SSSR count). The molecule has 0 fully saturated rings. The Bertz CT molecular complexity index is 3470. The molecule has 12 aromatic rings. The maximum absolute atomic E-state index is 6.71. The fraction of sp³-hybridized carbons (Fsp3) is 0. The van der Waals surface area contributed by atoms with Crippen molar-refractivity contribution in [2.75, 3.05) is 0 Å². The third-order valence-corrected chi connectivity index (χ3v) is 12.1. The molecule has 0 atom stereocenters. The highest BCUT2D eigenvalue weighted by atomic mass is 32.1. The minimum absolute atomic E-state index is 0.591. The summed E-state index contributed by atoms with van der Waals surface area (Å²) in [4.78, 5) is 14.8. The van der Waals surface area contributed by atoms with Gasteiger partial charge in [-0.15, -0.1) is 11.3 Å². The van der Waals surface area contributed by atoms with Crippen LogP contribution in [0.4, 0.5) is 0 Å². The van der Waals surface area contributed by atoms with Gasteiger partial charge in [-0.2, -0.15) is 0 Å². The molecule has 0 unspecified atom stereocenters. The van der Waals surface area contributed by atoms with Gasteiger partial charge in [0.1, 0.15) is 22.3 Å². The summed E-state index contributed by atoms with van der Waals surface area (Å²) in [5.74, 6) is 1.84. The highest BCUT2D eigenvalue weighted by Crippen LogP contribution is 2.45. The first-order valence-corrected chi connectivity index (χ1v) is 19.7. The quantitative estimate of drug-likeness (QED) is 0.175. The SMILES string of the molecule is c1ccc(-c2nc(-c3ccccc3)nc(-c3ccc4c(c3)oc3cc(-c5cc(-c6cccc7c6oc6ccccc67)cc6sc7ccccc7c56)ccc34)n2)cc1. The number of fused-ring (bicyclic) bond motifs is 9. The van der Waals surface area contributed by atoms with E-state index < -0.39 is 0 Å². The van der Waals surface area contributed by atoms with Gasteiger partial charge in [0.05, 0.1) is 0 Å². The van der Waals surface area contributed by atoms with Crippen LogP contribution in [0.15, 0.2) is 185 Å². The lowest BCUT2D eigenvalue weighted by molar-refractivity contribution is 0.669. The molecule has 0 bridgehead atoms. The van der Waals surface area contributed by atoms with Crippen molar-refractivity contribution in [1.29, 1.82) is 0 Å². The minimum Gasteiger partial charge on any atom is -0.456 e. The van der Waals surface area contributed by atoms with Crippen molar-refractivity contribution in [2.24, 2.45) is 0 Å². The molecule has 0 aliphatic heterocycles. The molecule has 4 aromatic heterocycles. The van der Waals surface area contributed by atoms with Gasteiger partial charge in [0.2, 0.25) is 0 Å².